The minimum Gasteiger partial charge on any atom is -0.456 e. The maximum Gasteiger partial charge on any atom is 0.137 e. The Labute approximate surface area is 302 Å². The summed E-state index contributed by atoms with van der Waals surface area (Å²) in [4.78, 5) is 2.36. The van der Waals surface area contributed by atoms with Gasteiger partial charge in [-0.3, -0.25) is 0 Å². The number of para-hydroxylation sites is 1. The van der Waals surface area contributed by atoms with Gasteiger partial charge in [0, 0.05) is 16.8 Å². The molecule has 9 aromatic carbocycles. The van der Waals surface area contributed by atoms with Gasteiger partial charge in [0.05, 0.1) is 11.1 Å². The van der Waals surface area contributed by atoms with Crippen molar-refractivity contribution in [2.24, 2.45) is 0 Å². The first-order valence-corrected chi connectivity index (χ1v) is 17.8. The molecule has 0 aliphatic heterocycles. The number of benzene rings is 9. The predicted octanol–water partition coefficient (Wildman–Crippen LogP) is 14.4. The lowest BCUT2D eigenvalue weighted by Crippen LogP contribution is -2.10. The Bertz CT molecular complexity index is 2870. The molecule has 0 atom stereocenters. The SMILES string of the molecule is c1ccc(-c2ccc(-c3ccc(N(c4ccc(-c5cc6ccccc6c6ccccc56)cc4)c4cccc5oc6ccccc6c45)cc3)cc2)cc1. The lowest BCUT2D eigenvalue weighted by Gasteiger charge is -2.27. The van der Waals surface area contributed by atoms with Gasteiger partial charge in [0.1, 0.15) is 11.2 Å². The maximum atomic E-state index is 6.36. The van der Waals surface area contributed by atoms with Crippen LogP contribution in [0.25, 0.3) is 76.9 Å². The highest BCUT2D eigenvalue weighted by Gasteiger charge is 2.20. The fraction of sp³-hybridized carbons (Fsp3) is 0. The number of hydrogen-bond donors (Lipinski definition) is 0. The van der Waals surface area contributed by atoms with E-state index >= 15 is 0 Å². The molecule has 0 saturated carbocycles. The van der Waals surface area contributed by atoms with Crippen LogP contribution < -0.4 is 4.90 Å². The fourth-order valence-electron chi connectivity index (χ4n) is 7.74. The van der Waals surface area contributed by atoms with Crippen molar-refractivity contribution >= 4 is 60.5 Å². The third-order valence-electron chi connectivity index (χ3n) is 10.3. The van der Waals surface area contributed by atoms with Gasteiger partial charge in [0.25, 0.3) is 0 Å². The summed E-state index contributed by atoms with van der Waals surface area (Å²) in [6.45, 7) is 0. The molecule has 1 heterocycles. The van der Waals surface area contributed by atoms with Crippen LogP contribution in [0, 0.1) is 0 Å². The van der Waals surface area contributed by atoms with Crippen LogP contribution in [0.1, 0.15) is 0 Å². The molecule has 0 unspecified atom stereocenters. The van der Waals surface area contributed by atoms with E-state index in [1.807, 2.05) is 12.1 Å². The van der Waals surface area contributed by atoms with Gasteiger partial charge >= 0.3 is 0 Å². The molecule has 0 aliphatic carbocycles. The lowest BCUT2D eigenvalue weighted by molar-refractivity contribution is 0.669. The first kappa shape index (κ1) is 30.0. The third-order valence-corrected chi connectivity index (χ3v) is 10.3. The Morgan fingerprint density at radius 2 is 0.827 bits per heavy atom. The van der Waals surface area contributed by atoms with E-state index in [-0.39, 0.29) is 0 Å². The van der Waals surface area contributed by atoms with Crippen LogP contribution in [-0.2, 0) is 0 Å². The molecule has 2 nitrogen and oxygen atoms in total. The zero-order valence-corrected chi connectivity index (χ0v) is 28.4. The highest BCUT2D eigenvalue weighted by molar-refractivity contribution is 6.15. The molecular weight excluding hydrogens is 631 g/mol. The van der Waals surface area contributed by atoms with Crippen molar-refractivity contribution in [3.05, 3.63) is 200 Å². The monoisotopic (exact) mass is 663 g/mol. The molecule has 0 amide bonds. The van der Waals surface area contributed by atoms with E-state index in [2.05, 4.69) is 193 Å². The minimum absolute atomic E-state index is 0.873. The first-order valence-electron chi connectivity index (χ1n) is 17.8. The van der Waals surface area contributed by atoms with Crippen LogP contribution in [0.4, 0.5) is 17.1 Å². The van der Waals surface area contributed by atoms with Crippen LogP contribution in [-0.4, -0.2) is 0 Å². The summed E-state index contributed by atoms with van der Waals surface area (Å²) in [7, 11) is 0. The molecule has 0 saturated heterocycles. The van der Waals surface area contributed by atoms with Gasteiger partial charge in [-0.2, -0.15) is 0 Å². The van der Waals surface area contributed by atoms with Crippen molar-refractivity contribution < 1.29 is 4.42 Å². The van der Waals surface area contributed by atoms with Crippen molar-refractivity contribution in [3.8, 4) is 33.4 Å². The number of rotatable bonds is 6. The second kappa shape index (κ2) is 12.5. The van der Waals surface area contributed by atoms with E-state index in [4.69, 9.17) is 4.42 Å². The quantitative estimate of drug-likeness (QED) is 0.165. The Hall–Kier alpha value is -6.90. The molecule has 10 aromatic rings. The summed E-state index contributed by atoms with van der Waals surface area (Å²) < 4.78 is 6.36. The van der Waals surface area contributed by atoms with Crippen molar-refractivity contribution in [2.45, 2.75) is 0 Å². The van der Waals surface area contributed by atoms with Crippen LogP contribution in [0.5, 0.6) is 0 Å². The van der Waals surface area contributed by atoms with E-state index in [0.717, 1.165) is 39.0 Å². The largest absolute Gasteiger partial charge is 0.456 e. The average molecular weight is 664 g/mol. The van der Waals surface area contributed by atoms with E-state index in [1.165, 1.54) is 54.9 Å². The normalized spacial score (nSPS) is 11.5. The highest BCUT2D eigenvalue weighted by Crippen LogP contribution is 2.44. The molecule has 244 valence electrons. The van der Waals surface area contributed by atoms with Crippen molar-refractivity contribution in [1.82, 2.24) is 0 Å². The number of nitrogens with zero attached hydrogens (tertiary/aromatic N) is 1. The average Bonchev–Trinajstić information content (AvgIpc) is 3.61. The van der Waals surface area contributed by atoms with Gasteiger partial charge in [-0.05, 0) is 103 Å². The number of hydrogen-bond acceptors (Lipinski definition) is 2. The van der Waals surface area contributed by atoms with Gasteiger partial charge < -0.3 is 9.32 Å². The van der Waals surface area contributed by atoms with Crippen LogP contribution in [0.2, 0.25) is 0 Å². The summed E-state index contributed by atoms with van der Waals surface area (Å²) in [6.07, 6.45) is 0. The molecular formula is C50H33NO. The maximum absolute atomic E-state index is 6.36. The molecule has 10 rings (SSSR count). The standard InChI is InChI=1S/C50H33NO/c1-2-11-34(12-3-1)35-21-23-36(24-22-35)37-25-29-40(30-26-37)51(47-18-10-20-49-50(47)45-17-8-9-19-48(45)52-49)41-31-27-38(28-32-41)46-33-39-13-4-5-14-42(39)43-15-6-7-16-44(43)46/h1-33H. The van der Waals surface area contributed by atoms with E-state index < -0.39 is 0 Å². The summed E-state index contributed by atoms with van der Waals surface area (Å²) in [5, 5.41) is 7.26. The molecule has 0 bridgehead atoms. The lowest BCUT2D eigenvalue weighted by atomic mass is 9.93. The zero-order chi connectivity index (χ0) is 34.4. The minimum atomic E-state index is 0.873. The molecule has 52 heavy (non-hydrogen) atoms. The molecule has 0 radical (unpaired) electrons. The van der Waals surface area contributed by atoms with Gasteiger partial charge in [-0.25, -0.2) is 0 Å². The second-order valence-corrected chi connectivity index (χ2v) is 13.3. The first-order chi connectivity index (χ1) is 25.8. The molecule has 0 spiro atoms. The summed E-state index contributed by atoms with van der Waals surface area (Å²) in [5.41, 5.74) is 12.2. The Morgan fingerprint density at radius 3 is 1.52 bits per heavy atom. The highest BCUT2D eigenvalue weighted by atomic mass is 16.3. The Morgan fingerprint density at radius 1 is 0.327 bits per heavy atom. The molecule has 1 aromatic heterocycles. The summed E-state index contributed by atoms with van der Waals surface area (Å²) in [6, 6.07) is 71.7. The molecule has 0 aliphatic rings. The summed E-state index contributed by atoms with van der Waals surface area (Å²) >= 11 is 0. The Balaban J connectivity index is 1.09. The van der Waals surface area contributed by atoms with Crippen LogP contribution in [0.15, 0.2) is 205 Å². The predicted molar refractivity (Wildman–Crippen MR) is 220 cm³/mol. The third kappa shape index (κ3) is 5.12. The fourth-order valence-corrected chi connectivity index (χ4v) is 7.74. The second-order valence-electron chi connectivity index (χ2n) is 13.3. The van der Waals surface area contributed by atoms with Gasteiger partial charge in [-0.15, -0.1) is 0 Å². The van der Waals surface area contributed by atoms with Gasteiger partial charge in [0.2, 0.25) is 0 Å². The van der Waals surface area contributed by atoms with E-state index in [9.17, 15) is 0 Å². The van der Waals surface area contributed by atoms with Crippen molar-refractivity contribution in [1.29, 1.82) is 0 Å². The molecule has 0 N–H and O–H groups in total. The molecule has 0 fully saturated rings. The van der Waals surface area contributed by atoms with E-state index in [1.54, 1.807) is 0 Å². The summed E-state index contributed by atoms with van der Waals surface area (Å²) in [5.74, 6) is 0. The van der Waals surface area contributed by atoms with Crippen LogP contribution >= 0.6 is 0 Å². The number of furan rings is 1. The number of fused-ring (bicyclic) bond motifs is 6. The molecule has 2 heteroatoms. The number of anilines is 3. The smallest absolute Gasteiger partial charge is 0.137 e. The topological polar surface area (TPSA) is 16.4 Å². The van der Waals surface area contributed by atoms with Crippen LogP contribution in [0.3, 0.4) is 0 Å². The van der Waals surface area contributed by atoms with Crippen molar-refractivity contribution in [3.63, 3.8) is 0 Å². The van der Waals surface area contributed by atoms with E-state index in [0.29, 0.717) is 0 Å². The van der Waals surface area contributed by atoms with Gasteiger partial charge in [-0.1, -0.05) is 152 Å². The Kier molecular flexibility index (Phi) is 7.18. The zero-order valence-electron chi connectivity index (χ0n) is 28.4. The van der Waals surface area contributed by atoms with Gasteiger partial charge in [0.15, 0.2) is 0 Å². The van der Waals surface area contributed by atoms with Crippen molar-refractivity contribution in [2.75, 3.05) is 4.90 Å².